The van der Waals surface area contributed by atoms with E-state index in [1.54, 1.807) is 0 Å². The van der Waals surface area contributed by atoms with E-state index in [0.717, 1.165) is 87.3 Å². The molecule has 3 amide bonds. The summed E-state index contributed by atoms with van der Waals surface area (Å²) in [5.74, 6) is 1.43. The van der Waals surface area contributed by atoms with Crippen LogP contribution >= 0.6 is 0 Å². The lowest BCUT2D eigenvalue weighted by atomic mass is 9.98. The normalized spacial score (nSPS) is 17.8. The molecule has 0 saturated carbocycles. The lowest BCUT2D eigenvalue weighted by molar-refractivity contribution is -0.137. The van der Waals surface area contributed by atoms with E-state index in [1.165, 1.54) is 7.11 Å². The van der Waals surface area contributed by atoms with Crippen LogP contribution in [0.3, 0.4) is 0 Å². The van der Waals surface area contributed by atoms with Gasteiger partial charge in [-0.05, 0) is 90.9 Å². The number of amides is 3. The average molecular weight is 793 g/mol. The molecule has 4 atom stereocenters. The number of methoxy groups -OCH3 is 1. The van der Waals surface area contributed by atoms with E-state index >= 15 is 0 Å². The quantitative estimate of drug-likeness (QED) is 0.120. The maximum atomic E-state index is 14.0. The second-order valence-corrected chi connectivity index (χ2v) is 16.2. The predicted molar refractivity (Wildman–Crippen MR) is 229 cm³/mol. The molecular formula is C47H52N8O4. The maximum absolute atomic E-state index is 14.0. The molecule has 2 aliphatic rings. The number of rotatable bonds is 11. The minimum Gasteiger partial charge on any atom is -0.453 e. The summed E-state index contributed by atoms with van der Waals surface area (Å²) in [6.07, 6.45) is 6.55. The smallest absolute Gasteiger partial charge is 0.407 e. The van der Waals surface area contributed by atoms with Gasteiger partial charge in [0.25, 0.3) is 0 Å². The van der Waals surface area contributed by atoms with Crippen molar-refractivity contribution in [3.8, 4) is 33.6 Å². The molecule has 2 aromatic heterocycles. The average Bonchev–Trinajstić information content (AvgIpc) is 4.09. The third kappa shape index (κ3) is 8.09. The van der Waals surface area contributed by atoms with E-state index in [1.807, 2.05) is 85.4 Å². The summed E-state index contributed by atoms with van der Waals surface area (Å²) < 4.78 is 4.77. The molecule has 12 heteroatoms. The number of likely N-dealkylation sites (N-methyl/N-ethyl adjacent to an activating group) is 1. The number of ether oxygens (including phenoxy) is 1. The van der Waals surface area contributed by atoms with Crippen molar-refractivity contribution in [3.05, 3.63) is 121 Å². The maximum Gasteiger partial charge on any atom is 0.407 e. The van der Waals surface area contributed by atoms with Crippen LogP contribution < -0.4 is 5.32 Å². The van der Waals surface area contributed by atoms with Crippen LogP contribution in [0.15, 0.2) is 103 Å². The van der Waals surface area contributed by atoms with Gasteiger partial charge < -0.3 is 29.8 Å². The van der Waals surface area contributed by atoms with Gasteiger partial charge in [-0.25, -0.2) is 14.8 Å². The molecule has 8 rings (SSSR count). The van der Waals surface area contributed by atoms with Gasteiger partial charge in [0.1, 0.15) is 23.7 Å². The number of nitrogens with one attached hydrogen (secondary N) is 3. The van der Waals surface area contributed by atoms with Gasteiger partial charge in [-0.2, -0.15) is 0 Å². The van der Waals surface area contributed by atoms with Gasteiger partial charge in [0, 0.05) is 18.7 Å². The van der Waals surface area contributed by atoms with Crippen LogP contribution in [0.4, 0.5) is 4.79 Å². The molecule has 2 saturated heterocycles. The molecule has 6 aromatic rings. The van der Waals surface area contributed by atoms with Crippen LogP contribution in [0.1, 0.15) is 74.9 Å². The standard InChI is InChI=1S/C47H52N8O4/c1-29(2)41(52-47(58)59-5)45(56)54-23-9-13-39(54)43-48-27-37(50-43)31-17-15-30(16-18-31)33-19-20-35-26-36(22-21-34(35)25-33)38-28-49-44(51-38)40-14-10-24-55(40)46(57)42(53(3)4)32-11-7-6-8-12-32/h6-8,11-12,15-22,25-29,39-42H,9-10,13-14,23-24H2,1-5H3,(H,48,50)(H,49,51)(H,52,58)/t39-,40-,41-,42+/m0/s1. The van der Waals surface area contributed by atoms with Crippen molar-refractivity contribution in [2.24, 2.45) is 5.92 Å². The molecule has 4 heterocycles. The number of hydrogen-bond donors (Lipinski definition) is 3. The van der Waals surface area contributed by atoms with Crippen molar-refractivity contribution in [2.75, 3.05) is 34.3 Å². The van der Waals surface area contributed by atoms with Gasteiger partial charge >= 0.3 is 6.09 Å². The first-order chi connectivity index (χ1) is 28.6. The summed E-state index contributed by atoms with van der Waals surface area (Å²) in [7, 11) is 5.21. The minimum absolute atomic E-state index is 0.0960. The minimum atomic E-state index is -0.679. The molecule has 0 spiro atoms. The van der Waals surface area contributed by atoms with E-state index in [0.29, 0.717) is 13.1 Å². The number of aromatic nitrogens is 4. The molecule has 0 aliphatic carbocycles. The van der Waals surface area contributed by atoms with Gasteiger partial charge in [0.15, 0.2) is 0 Å². The lowest BCUT2D eigenvalue weighted by Crippen LogP contribution is -2.51. The number of carbonyl (C=O) groups excluding carboxylic acids is 3. The molecule has 2 aliphatic heterocycles. The molecule has 0 bridgehead atoms. The van der Waals surface area contributed by atoms with Crippen molar-refractivity contribution in [2.45, 2.75) is 63.7 Å². The first-order valence-electron chi connectivity index (χ1n) is 20.5. The third-order valence-corrected chi connectivity index (χ3v) is 11.8. The summed E-state index contributed by atoms with van der Waals surface area (Å²) in [5.41, 5.74) is 7.05. The second kappa shape index (κ2) is 16.9. The fraction of sp³-hybridized carbons (Fsp3) is 0.340. The summed E-state index contributed by atoms with van der Waals surface area (Å²) in [4.78, 5) is 61.8. The number of imidazole rings is 2. The molecular weight excluding hydrogens is 741 g/mol. The highest BCUT2D eigenvalue weighted by Crippen LogP contribution is 2.37. The van der Waals surface area contributed by atoms with E-state index < -0.39 is 12.1 Å². The van der Waals surface area contributed by atoms with Crippen molar-refractivity contribution in [1.29, 1.82) is 0 Å². The van der Waals surface area contributed by atoms with Gasteiger partial charge in [-0.1, -0.05) is 92.7 Å². The van der Waals surface area contributed by atoms with Crippen LogP contribution in [-0.2, 0) is 14.3 Å². The molecule has 59 heavy (non-hydrogen) atoms. The number of fused-ring (bicyclic) bond motifs is 1. The number of aromatic amines is 2. The van der Waals surface area contributed by atoms with Gasteiger partial charge in [-0.3, -0.25) is 14.5 Å². The summed E-state index contributed by atoms with van der Waals surface area (Å²) >= 11 is 0. The predicted octanol–water partition coefficient (Wildman–Crippen LogP) is 8.30. The Labute approximate surface area is 345 Å². The van der Waals surface area contributed by atoms with Crippen LogP contribution in [0.5, 0.6) is 0 Å². The Kier molecular flexibility index (Phi) is 11.3. The Balaban J connectivity index is 0.944. The third-order valence-electron chi connectivity index (χ3n) is 11.8. The largest absolute Gasteiger partial charge is 0.453 e. The summed E-state index contributed by atoms with van der Waals surface area (Å²) in [6, 6.07) is 30.0. The number of alkyl carbamates (subject to hydrolysis) is 1. The molecule has 2 fully saturated rings. The number of carbonyl (C=O) groups is 3. The summed E-state index contributed by atoms with van der Waals surface area (Å²) in [5, 5.41) is 4.96. The fourth-order valence-electron chi connectivity index (χ4n) is 8.70. The monoisotopic (exact) mass is 792 g/mol. The zero-order chi connectivity index (χ0) is 41.2. The highest BCUT2D eigenvalue weighted by molar-refractivity contribution is 5.91. The highest BCUT2D eigenvalue weighted by atomic mass is 16.5. The van der Waals surface area contributed by atoms with Crippen LogP contribution in [0.2, 0.25) is 0 Å². The summed E-state index contributed by atoms with van der Waals surface area (Å²) in [6.45, 7) is 5.14. The van der Waals surface area contributed by atoms with Gasteiger partial charge in [0.05, 0.1) is 43.0 Å². The van der Waals surface area contributed by atoms with Crippen molar-refractivity contribution < 1.29 is 19.1 Å². The van der Waals surface area contributed by atoms with Crippen LogP contribution in [-0.4, -0.2) is 92.9 Å². The molecule has 304 valence electrons. The van der Waals surface area contributed by atoms with E-state index in [-0.39, 0.29) is 35.9 Å². The first kappa shape index (κ1) is 39.6. The number of likely N-dealkylation sites (tertiary alicyclic amines) is 2. The number of hydrogen-bond acceptors (Lipinski definition) is 7. The Morgan fingerprint density at radius 1 is 0.712 bits per heavy atom. The number of benzene rings is 4. The van der Waals surface area contributed by atoms with E-state index in [9.17, 15) is 14.4 Å². The molecule has 0 unspecified atom stereocenters. The molecule has 3 N–H and O–H groups in total. The number of H-pyrrole nitrogens is 2. The van der Waals surface area contributed by atoms with Crippen molar-refractivity contribution >= 4 is 28.7 Å². The Morgan fingerprint density at radius 3 is 1.81 bits per heavy atom. The molecule has 4 aromatic carbocycles. The van der Waals surface area contributed by atoms with Crippen LogP contribution in [0.25, 0.3) is 44.4 Å². The second-order valence-electron chi connectivity index (χ2n) is 16.2. The lowest BCUT2D eigenvalue weighted by Gasteiger charge is -2.31. The van der Waals surface area contributed by atoms with E-state index in [2.05, 4.69) is 75.9 Å². The van der Waals surface area contributed by atoms with Gasteiger partial charge in [0.2, 0.25) is 11.8 Å². The topological polar surface area (TPSA) is 140 Å². The zero-order valence-electron chi connectivity index (χ0n) is 34.3. The Bertz CT molecular complexity index is 2440. The van der Waals surface area contributed by atoms with Crippen LogP contribution in [0, 0.1) is 5.92 Å². The SMILES string of the molecule is COC(=O)N[C@H](C(=O)N1CCC[C@H]1c1ncc(-c2ccc(-c3ccc4cc(-c5cnc([C@@H]6CCCN6C(=O)[C@@H](c6ccccc6)N(C)C)[nH]5)ccc4c3)cc2)[nH]1)C(C)C. The molecule has 0 radical (unpaired) electrons. The first-order valence-corrected chi connectivity index (χ1v) is 20.5. The van der Waals surface area contributed by atoms with E-state index in [4.69, 9.17) is 14.7 Å². The Hall–Kier alpha value is -6.27. The van der Waals surface area contributed by atoms with Crippen molar-refractivity contribution in [1.82, 2.24) is 40.0 Å². The molecule has 12 nitrogen and oxygen atoms in total. The van der Waals surface area contributed by atoms with Crippen molar-refractivity contribution in [3.63, 3.8) is 0 Å². The highest BCUT2D eigenvalue weighted by Gasteiger charge is 2.38. The van der Waals surface area contributed by atoms with Gasteiger partial charge in [-0.15, -0.1) is 0 Å². The number of nitrogens with zero attached hydrogens (tertiary/aromatic N) is 5. The Morgan fingerprint density at radius 2 is 1.24 bits per heavy atom. The fourth-order valence-corrected chi connectivity index (χ4v) is 8.70. The zero-order valence-corrected chi connectivity index (χ0v) is 34.3.